The van der Waals surface area contributed by atoms with Gasteiger partial charge in [0.05, 0.1) is 5.69 Å². The Morgan fingerprint density at radius 2 is 1.68 bits per heavy atom. The number of para-hydroxylation sites is 1. The van der Waals surface area contributed by atoms with E-state index in [2.05, 4.69) is 80.3 Å². The molecule has 0 spiro atoms. The summed E-state index contributed by atoms with van der Waals surface area (Å²) < 4.78 is 0. The first-order chi connectivity index (χ1) is 13.9. The van der Waals surface area contributed by atoms with Crippen LogP contribution in [-0.2, 0) is 6.42 Å². The van der Waals surface area contributed by atoms with E-state index in [9.17, 15) is 0 Å². The van der Waals surface area contributed by atoms with Crippen molar-refractivity contribution in [2.45, 2.75) is 6.42 Å². The molecule has 0 aliphatic rings. The maximum Gasteiger partial charge on any atom is 0.139 e. The highest BCUT2D eigenvalue weighted by Crippen LogP contribution is 2.25. The molecule has 3 aromatic heterocycles. The highest BCUT2D eigenvalue weighted by molar-refractivity contribution is 5.91. The van der Waals surface area contributed by atoms with Gasteiger partial charge in [-0.2, -0.15) is 0 Å². The molecule has 0 saturated carbocycles. The molecule has 0 aliphatic carbocycles. The van der Waals surface area contributed by atoms with Crippen LogP contribution in [0.25, 0.3) is 21.9 Å². The minimum atomic E-state index is 0.889. The quantitative estimate of drug-likeness (QED) is 0.323. The first kappa shape index (κ1) is 16.4. The lowest BCUT2D eigenvalue weighted by Gasteiger charge is -2.10. The zero-order chi connectivity index (χ0) is 18.8. The van der Waals surface area contributed by atoms with Gasteiger partial charge in [0, 0.05) is 52.8 Å². The molecule has 0 amide bonds. The number of hydrogen-bond donors (Lipinski definition) is 4. The number of nitrogens with one attached hydrogen (secondary N) is 4. The van der Waals surface area contributed by atoms with E-state index in [1.807, 2.05) is 24.5 Å². The molecule has 0 bridgehead atoms. The third-order valence-corrected chi connectivity index (χ3v) is 5.02. The molecule has 0 unspecified atom stereocenters. The predicted molar refractivity (Wildman–Crippen MR) is 116 cm³/mol. The van der Waals surface area contributed by atoms with E-state index in [-0.39, 0.29) is 0 Å². The Bertz CT molecular complexity index is 1220. The number of hydrogen-bond acceptors (Lipinski definition) is 3. The lowest BCUT2D eigenvalue weighted by Crippen LogP contribution is -2.04. The van der Waals surface area contributed by atoms with Gasteiger partial charge < -0.3 is 20.6 Å². The third kappa shape index (κ3) is 3.18. The van der Waals surface area contributed by atoms with Crippen LogP contribution in [0.2, 0.25) is 0 Å². The van der Waals surface area contributed by atoms with Gasteiger partial charge in [0.25, 0.3) is 0 Å². The molecule has 0 radical (unpaired) electrons. The standard InChI is InChI=1S/C23H21N5/c1-2-4-21-19(3-1)16(15-27-21)9-12-24-17-5-7-18(8-6-17)28-22-11-14-26-23-20(22)10-13-25-23/h1-8,10-11,13-15,24,27H,9,12H2,(H2,25,26,28). The summed E-state index contributed by atoms with van der Waals surface area (Å²) in [6.07, 6.45) is 6.80. The van der Waals surface area contributed by atoms with Gasteiger partial charge in [0.1, 0.15) is 5.65 Å². The molecule has 5 aromatic rings. The van der Waals surface area contributed by atoms with E-state index in [0.29, 0.717) is 0 Å². The number of aromatic nitrogens is 3. The van der Waals surface area contributed by atoms with Gasteiger partial charge in [0.15, 0.2) is 0 Å². The van der Waals surface area contributed by atoms with Crippen molar-refractivity contribution < 1.29 is 0 Å². The average Bonchev–Trinajstić information content (AvgIpc) is 3.37. The second-order valence-corrected chi connectivity index (χ2v) is 6.84. The van der Waals surface area contributed by atoms with Crippen LogP contribution in [0.15, 0.2) is 79.3 Å². The summed E-state index contributed by atoms with van der Waals surface area (Å²) >= 11 is 0. The van der Waals surface area contributed by atoms with E-state index in [1.54, 1.807) is 0 Å². The summed E-state index contributed by atoms with van der Waals surface area (Å²) in [5.41, 5.74) is 6.64. The molecule has 5 heteroatoms. The minimum Gasteiger partial charge on any atom is -0.385 e. The van der Waals surface area contributed by atoms with Crippen LogP contribution in [0.1, 0.15) is 5.56 Å². The molecule has 4 N–H and O–H groups in total. The molecule has 0 atom stereocenters. The lowest BCUT2D eigenvalue weighted by molar-refractivity contribution is 1.03. The highest BCUT2D eigenvalue weighted by Gasteiger charge is 2.04. The van der Waals surface area contributed by atoms with Gasteiger partial charge >= 0.3 is 0 Å². The second kappa shape index (κ2) is 7.12. The summed E-state index contributed by atoms with van der Waals surface area (Å²) in [5.74, 6) is 0. The van der Waals surface area contributed by atoms with Gasteiger partial charge in [-0.15, -0.1) is 0 Å². The molecule has 5 rings (SSSR count). The summed E-state index contributed by atoms with van der Waals surface area (Å²) in [6, 6.07) is 20.8. The Kier molecular flexibility index (Phi) is 4.18. The van der Waals surface area contributed by atoms with Crippen molar-refractivity contribution in [3.05, 3.63) is 84.8 Å². The average molecular weight is 367 g/mol. The molecule has 0 fully saturated rings. The normalized spacial score (nSPS) is 11.1. The fraction of sp³-hybridized carbons (Fsp3) is 0.0870. The SMILES string of the molecule is c1ccc2c(CCNc3ccc(Nc4ccnc5[nH]ccc45)cc3)c[nH]c2c1. The zero-order valence-corrected chi connectivity index (χ0v) is 15.4. The molecule has 0 saturated heterocycles. The Hall–Kier alpha value is -3.73. The maximum atomic E-state index is 4.32. The van der Waals surface area contributed by atoms with Gasteiger partial charge in [-0.05, 0) is 54.4 Å². The minimum absolute atomic E-state index is 0.889. The first-order valence-electron chi connectivity index (χ1n) is 9.45. The summed E-state index contributed by atoms with van der Waals surface area (Å²) in [7, 11) is 0. The van der Waals surface area contributed by atoms with E-state index in [4.69, 9.17) is 0 Å². The molecule has 2 aromatic carbocycles. The van der Waals surface area contributed by atoms with Crippen molar-refractivity contribution in [3.8, 4) is 0 Å². The number of aromatic amines is 2. The van der Waals surface area contributed by atoms with E-state index >= 15 is 0 Å². The van der Waals surface area contributed by atoms with Crippen LogP contribution >= 0.6 is 0 Å². The maximum absolute atomic E-state index is 4.32. The smallest absolute Gasteiger partial charge is 0.139 e. The lowest BCUT2D eigenvalue weighted by atomic mass is 10.1. The summed E-state index contributed by atoms with van der Waals surface area (Å²) in [5, 5.41) is 9.36. The number of anilines is 3. The first-order valence-corrected chi connectivity index (χ1v) is 9.45. The largest absolute Gasteiger partial charge is 0.385 e. The van der Waals surface area contributed by atoms with Crippen molar-refractivity contribution in [2.75, 3.05) is 17.2 Å². The molecule has 28 heavy (non-hydrogen) atoms. The Morgan fingerprint density at radius 3 is 2.61 bits per heavy atom. The fourth-order valence-corrected chi connectivity index (χ4v) is 3.58. The molecular formula is C23H21N5. The number of fused-ring (bicyclic) bond motifs is 2. The number of pyridine rings is 1. The molecular weight excluding hydrogens is 346 g/mol. The van der Waals surface area contributed by atoms with Gasteiger partial charge in [-0.25, -0.2) is 4.98 Å². The molecule has 3 heterocycles. The van der Waals surface area contributed by atoms with Crippen molar-refractivity contribution in [1.29, 1.82) is 0 Å². The predicted octanol–water partition coefficient (Wildman–Crippen LogP) is 5.44. The van der Waals surface area contributed by atoms with Gasteiger partial charge in [-0.3, -0.25) is 0 Å². The summed E-state index contributed by atoms with van der Waals surface area (Å²) in [6.45, 7) is 0.892. The van der Waals surface area contributed by atoms with Crippen molar-refractivity contribution >= 4 is 39.0 Å². The Balaban J connectivity index is 1.22. The van der Waals surface area contributed by atoms with E-state index in [0.717, 1.165) is 41.1 Å². The number of nitrogens with zero attached hydrogens (tertiary/aromatic N) is 1. The summed E-state index contributed by atoms with van der Waals surface area (Å²) in [4.78, 5) is 10.8. The molecule has 0 aliphatic heterocycles. The second-order valence-electron chi connectivity index (χ2n) is 6.84. The van der Waals surface area contributed by atoms with Crippen LogP contribution in [0.5, 0.6) is 0 Å². The van der Waals surface area contributed by atoms with Crippen LogP contribution < -0.4 is 10.6 Å². The molecule has 5 nitrogen and oxygen atoms in total. The number of benzene rings is 2. The van der Waals surface area contributed by atoms with Crippen molar-refractivity contribution in [2.24, 2.45) is 0 Å². The van der Waals surface area contributed by atoms with Gasteiger partial charge in [-0.1, -0.05) is 18.2 Å². The molecule has 138 valence electrons. The monoisotopic (exact) mass is 367 g/mol. The zero-order valence-electron chi connectivity index (χ0n) is 15.4. The van der Waals surface area contributed by atoms with Crippen molar-refractivity contribution in [3.63, 3.8) is 0 Å². The topological polar surface area (TPSA) is 68.5 Å². The number of rotatable bonds is 6. The van der Waals surface area contributed by atoms with E-state index < -0.39 is 0 Å². The van der Waals surface area contributed by atoms with E-state index in [1.165, 1.54) is 16.5 Å². The van der Waals surface area contributed by atoms with Crippen LogP contribution in [-0.4, -0.2) is 21.5 Å². The Morgan fingerprint density at radius 1 is 0.821 bits per heavy atom. The number of H-pyrrole nitrogens is 2. The fourth-order valence-electron chi connectivity index (χ4n) is 3.58. The van der Waals surface area contributed by atoms with Crippen LogP contribution in [0, 0.1) is 0 Å². The highest BCUT2D eigenvalue weighted by atomic mass is 14.9. The Labute approximate surface area is 162 Å². The van der Waals surface area contributed by atoms with Gasteiger partial charge in [0.2, 0.25) is 0 Å². The third-order valence-electron chi connectivity index (χ3n) is 5.02. The van der Waals surface area contributed by atoms with Crippen LogP contribution in [0.3, 0.4) is 0 Å². The van der Waals surface area contributed by atoms with Crippen LogP contribution in [0.4, 0.5) is 17.1 Å². The van der Waals surface area contributed by atoms with Crippen molar-refractivity contribution in [1.82, 2.24) is 15.0 Å².